The van der Waals surface area contributed by atoms with E-state index in [0.29, 0.717) is 18.7 Å². The second kappa shape index (κ2) is 12.1. The number of ether oxygens (including phenoxy) is 1. The Kier molecular flexibility index (Phi) is 8.37. The number of benzene rings is 2. The number of nitrogens with zero attached hydrogens (tertiary/aromatic N) is 4. The average Bonchev–Trinajstić information content (AvgIpc) is 3.77. The summed E-state index contributed by atoms with van der Waals surface area (Å²) in [5, 5.41) is 10.8. The number of aliphatic hydroxyl groups excluding tert-OH is 1. The van der Waals surface area contributed by atoms with Crippen LogP contribution in [0.4, 0.5) is 10.5 Å². The van der Waals surface area contributed by atoms with E-state index in [9.17, 15) is 24.3 Å². The number of amides is 4. The van der Waals surface area contributed by atoms with Crippen LogP contribution in [0.3, 0.4) is 0 Å². The lowest BCUT2D eigenvalue weighted by atomic mass is 10.0. The molecule has 6 rings (SSSR count). The third-order valence-corrected chi connectivity index (χ3v) is 9.71. The van der Waals surface area contributed by atoms with E-state index in [0.717, 1.165) is 30.4 Å². The molecule has 0 bridgehead atoms. The summed E-state index contributed by atoms with van der Waals surface area (Å²) < 4.78 is 5.70. The first-order valence-electron chi connectivity index (χ1n) is 16.1. The average molecular weight is 617 g/mol. The largest absolute Gasteiger partial charge is 0.443 e. The first-order chi connectivity index (χ1) is 21.4. The Balaban J connectivity index is 1.26. The van der Waals surface area contributed by atoms with Crippen molar-refractivity contribution in [3.8, 4) is 0 Å². The van der Waals surface area contributed by atoms with Gasteiger partial charge in [0.1, 0.15) is 23.7 Å². The molecule has 3 aliphatic heterocycles. The van der Waals surface area contributed by atoms with E-state index in [1.807, 2.05) is 48.5 Å². The van der Waals surface area contributed by atoms with Gasteiger partial charge in [-0.1, -0.05) is 55.0 Å². The van der Waals surface area contributed by atoms with Gasteiger partial charge >= 0.3 is 6.09 Å². The molecule has 0 spiro atoms. The molecule has 2 saturated heterocycles. The van der Waals surface area contributed by atoms with Crippen molar-refractivity contribution in [3.05, 3.63) is 65.7 Å². The third-order valence-electron chi connectivity index (χ3n) is 9.71. The predicted molar refractivity (Wildman–Crippen MR) is 168 cm³/mol. The second-order valence-electron chi connectivity index (χ2n) is 14.0. The fourth-order valence-corrected chi connectivity index (χ4v) is 7.79. The van der Waals surface area contributed by atoms with Crippen molar-refractivity contribution >= 4 is 29.5 Å². The number of para-hydroxylation sites is 1. The van der Waals surface area contributed by atoms with Gasteiger partial charge in [-0.3, -0.25) is 19.3 Å². The first-order valence-corrected chi connectivity index (χ1v) is 16.1. The highest BCUT2D eigenvalue weighted by molar-refractivity contribution is 6.02. The molecular formula is C35H44N4O6. The molecule has 2 aromatic rings. The van der Waals surface area contributed by atoms with Crippen molar-refractivity contribution in [1.82, 2.24) is 14.7 Å². The molecular weight excluding hydrogens is 572 g/mol. The van der Waals surface area contributed by atoms with Crippen molar-refractivity contribution in [2.24, 2.45) is 5.92 Å². The zero-order valence-electron chi connectivity index (χ0n) is 26.6. The summed E-state index contributed by atoms with van der Waals surface area (Å²) in [4.78, 5) is 62.5. The highest BCUT2D eigenvalue weighted by atomic mass is 16.6. The van der Waals surface area contributed by atoms with Gasteiger partial charge < -0.3 is 24.5 Å². The maximum absolute atomic E-state index is 14.5. The van der Waals surface area contributed by atoms with Crippen molar-refractivity contribution < 1.29 is 29.0 Å². The molecule has 2 aromatic carbocycles. The molecule has 4 amide bonds. The van der Waals surface area contributed by atoms with Gasteiger partial charge in [0.25, 0.3) is 0 Å². The van der Waals surface area contributed by atoms with Crippen LogP contribution in [0.15, 0.2) is 54.6 Å². The molecule has 0 unspecified atom stereocenters. The Hall–Kier alpha value is -3.92. The van der Waals surface area contributed by atoms with Crippen molar-refractivity contribution in [1.29, 1.82) is 0 Å². The number of carbonyl (C=O) groups excluding carboxylic acids is 4. The normalized spacial score (nSPS) is 27.4. The number of carbonyl (C=O) groups is 4. The smallest absolute Gasteiger partial charge is 0.415 e. The van der Waals surface area contributed by atoms with Crippen LogP contribution < -0.4 is 4.90 Å². The maximum Gasteiger partial charge on any atom is 0.415 e. The first kappa shape index (κ1) is 31.1. The summed E-state index contributed by atoms with van der Waals surface area (Å²) in [7, 11) is 1.77. The Morgan fingerprint density at radius 3 is 2.36 bits per heavy atom. The highest BCUT2D eigenvalue weighted by Gasteiger charge is 2.54. The SMILES string of the molecule is CN(Cc1ccccc1)C(=O)[C@@H]1C[C@@H]2CCC[C@@H]2N1C(=O)[C@@H]1C[C@@H](O)CN1C(=O)[C@@H]1Cc2ccccc2N1C(=O)OC(C)(C)C. The van der Waals surface area contributed by atoms with E-state index in [1.54, 1.807) is 43.7 Å². The summed E-state index contributed by atoms with van der Waals surface area (Å²) in [5.74, 6) is -0.575. The number of hydrogen-bond acceptors (Lipinski definition) is 6. The van der Waals surface area contributed by atoms with Crippen LogP contribution in [0.5, 0.6) is 0 Å². The Morgan fingerprint density at radius 2 is 1.62 bits per heavy atom. The molecule has 10 nitrogen and oxygen atoms in total. The molecule has 0 radical (unpaired) electrons. The quantitative estimate of drug-likeness (QED) is 0.548. The minimum Gasteiger partial charge on any atom is -0.443 e. The molecule has 3 heterocycles. The van der Waals surface area contributed by atoms with Crippen molar-refractivity contribution in [2.45, 2.75) is 102 Å². The van der Waals surface area contributed by atoms with Gasteiger partial charge in [-0.05, 0) is 63.1 Å². The highest BCUT2D eigenvalue weighted by Crippen LogP contribution is 2.43. The molecule has 10 heteroatoms. The molecule has 0 aromatic heterocycles. The minimum absolute atomic E-state index is 0.0152. The zero-order valence-corrected chi connectivity index (χ0v) is 26.6. The number of β-amino-alcohol motifs (C(OH)–C–C–N with tert-alkyl or cyclic N) is 1. The minimum atomic E-state index is -0.925. The Morgan fingerprint density at radius 1 is 0.911 bits per heavy atom. The number of hydrogen-bond donors (Lipinski definition) is 1. The maximum atomic E-state index is 14.5. The third kappa shape index (κ3) is 6.04. The summed E-state index contributed by atoms with van der Waals surface area (Å²) >= 11 is 0. The summed E-state index contributed by atoms with van der Waals surface area (Å²) in [6.45, 7) is 5.74. The predicted octanol–water partition coefficient (Wildman–Crippen LogP) is 3.74. The van der Waals surface area contributed by atoms with E-state index in [1.165, 1.54) is 9.80 Å². The molecule has 1 saturated carbocycles. The zero-order chi connectivity index (χ0) is 32.0. The van der Waals surface area contributed by atoms with Crippen LogP contribution in [0, 0.1) is 5.92 Å². The lowest BCUT2D eigenvalue weighted by molar-refractivity contribution is -0.151. The van der Waals surface area contributed by atoms with E-state index in [2.05, 4.69) is 0 Å². The number of anilines is 1. The van der Waals surface area contributed by atoms with Gasteiger partial charge in [0, 0.05) is 39.0 Å². The van der Waals surface area contributed by atoms with Gasteiger partial charge in [-0.15, -0.1) is 0 Å². The monoisotopic (exact) mass is 616 g/mol. The number of aliphatic hydroxyl groups is 1. The molecule has 6 atom stereocenters. The summed E-state index contributed by atoms with van der Waals surface area (Å²) in [5.41, 5.74) is 1.68. The van der Waals surface area contributed by atoms with Crippen molar-refractivity contribution in [3.63, 3.8) is 0 Å². The van der Waals surface area contributed by atoms with Gasteiger partial charge in [0.05, 0.1) is 11.8 Å². The molecule has 1 aliphatic carbocycles. The Labute approximate surface area is 264 Å². The summed E-state index contributed by atoms with van der Waals surface area (Å²) in [6, 6.07) is 14.6. The van der Waals surface area contributed by atoms with E-state index in [4.69, 9.17) is 4.74 Å². The van der Waals surface area contributed by atoms with Crippen LogP contribution in [-0.2, 0) is 32.1 Å². The van der Waals surface area contributed by atoms with Crippen LogP contribution in [-0.4, -0.2) is 93.1 Å². The number of rotatable bonds is 5. The van der Waals surface area contributed by atoms with Gasteiger partial charge in [0.2, 0.25) is 17.7 Å². The number of likely N-dealkylation sites (tertiary alicyclic amines) is 2. The van der Waals surface area contributed by atoms with Crippen LogP contribution >= 0.6 is 0 Å². The topological polar surface area (TPSA) is 111 Å². The van der Waals surface area contributed by atoms with Gasteiger partial charge in [0.15, 0.2) is 0 Å². The molecule has 45 heavy (non-hydrogen) atoms. The summed E-state index contributed by atoms with van der Waals surface area (Å²) in [6.07, 6.45) is 2.21. The second-order valence-corrected chi connectivity index (χ2v) is 14.0. The fraction of sp³-hybridized carbons (Fsp3) is 0.543. The lowest BCUT2D eigenvalue weighted by Crippen LogP contribution is -2.58. The van der Waals surface area contributed by atoms with Crippen LogP contribution in [0.25, 0.3) is 0 Å². The molecule has 1 N–H and O–H groups in total. The van der Waals surface area contributed by atoms with E-state index < -0.39 is 41.8 Å². The molecule has 3 fully saturated rings. The van der Waals surface area contributed by atoms with Gasteiger partial charge in [-0.2, -0.15) is 0 Å². The van der Waals surface area contributed by atoms with Crippen molar-refractivity contribution in [2.75, 3.05) is 18.5 Å². The van der Waals surface area contributed by atoms with Crippen LogP contribution in [0.1, 0.15) is 64.0 Å². The molecule has 240 valence electrons. The van der Waals surface area contributed by atoms with Gasteiger partial charge in [-0.25, -0.2) is 4.79 Å². The van der Waals surface area contributed by atoms with E-state index >= 15 is 0 Å². The van der Waals surface area contributed by atoms with Crippen LogP contribution in [0.2, 0.25) is 0 Å². The van der Waals surface area contributed by atoms with E-state index in [-0.39, 0.29) is 43.2 Å². The molecule has 4 aliphatic rings. The standard InChI is InChI=1S/C35H44N4O6/c1-35(2,3)45-34(44)39-27-15-9-8-13-23(27)18-30(39)32(42)37-21-25(40)19-28(37)33(43)38-26-16-10-14-24(26)17-29(38)31(41)36(4)20-22-11-6-5-7-12-22/h5-9,11-13,15,24-26,28-30,40H,10,14,16-21H2,1-4H3/t24-,25+,26-,28-,29-,30-/m0/s1. The Bertz CT molecular complexity index is 1460. The fourth-order valence-electron chi connectivity index (χ4n) is 7.79. The lowest BCUT2D eigenvalue weighted by Gasteiger charge is -2.37. The number of fused-ring (bicyclic) bond motifs is 2. The number of likely N-dealkylation sites (N-methyl/N-ethyl adjacent to an activating group) is 1.